The van der Waals surface area contributed by atoms with Crippen LogP contribution < -0.4 is 17.0 Å². The minimum absolute atomic E-state index is 0.229. The number of nitrogen functional groups attached to an aromatic ring is 1. The Morgan fingerprint density at radius 1 is 1.58 bits per heavy atom. The van der Waals surface area contributed by atoms with Crippen LogP contribution in [0.2, 0.25) is 0 Å². The third-order valence-corrected chi connectivity index (χ3v) is 1.39. The molecule has 0 aliphatic heterocycles. The van der Waals surface area contributed by atoms with Gasteiger partial charge in [-0.15, -0.1) is 0 Å². The van der Waals surface area contributed by atoms with E-state index in [0.29, 0.717) is 12.4 Å². The van der Waals surface area contributed by atoms with E-state index in [9.17, 15) is 4.79 Å². The molecular weight excluding hydrogens is 156 g/mol. The number of hydrogen-bond donors (Lipinski definition) is 2. The monoisotopic (exact) mass is 166 g/mol. The van der Waals surface area contributed by atoms with Crippen molar-refractivity contribution >= 4 is 5.82 Å². The van der Waals surface area contributed by atoms with Gasteiger partial charge in [0, 0.05) is 6.54 Å². The lowest BCUT2D eigenvalue weighted by Gasteiger charge is -2.03. The van der Waals surface area contributed by atoms with Crippen molar-refractivity contribution in [3.05, 3.63) is 35.0 Å². The molecule has 0 aromatic carbocycles. The minimum atomic E-state index is -0.229. The second-order valence-electron chi connectivity index (χ2n) is 2.21. The van der Waals surface area contributed by atoms with Crippen molar-refractivity contribution in [2.75, 3.05) is 5.73 Å². The fourth-order valence-electron chi connectivity index (χ4n) is 0.806. The topological polar surface area (TPSA) is 86.9 Å². The molecule has 0 amide bonds. The molecule has 0 fully saturated rings. The van der Waals surface area contributed by atoms with Crippen LogP contribution in [0.25, 0.3) is 0 Å². The van der Waals surface area contributed by atoms with E-state index in [-0.39, 0.29) is 5.56 Å². The zero-order valence-corrected chi connectivity index (χ0v) is 6.47. The molecule has 0 unspecified atom stereocenters. The number of aromatic nitrogens is 2. The maximum absolute atomic E-state index is 11.1. The first-order valence-electron chi connectivity index (χ1n) is 3.42. The van der Waals surface area contributed by atoms with Crippen LogP contribution in [0.1, 0.15) is 0 Å². The number of nitrogens with zero attached hydrogens (tertiary/aromatic N) is 2. The molecule has 0 radical (unpaired) electrons. The quantitative estimate of drug-likeness (QED) is 0.608. The van der Waals surface area contributed by atoms with Crippen LogP contribution in [0.15, 0.2) is 29.5 Å². The second kappa shape index (κ2) is 3.56. The molecule has 1 aromatic heterocycles. The van der Waals surface area contributed by atoms with Gasteiger partial charge < -0.3 is 11.5 Å². The SMILES string of the molecule is NC=CCn1c(N)cncc1=O. The molecule has 1 rings (SSSR count). The number of allylic oxidation sites excluding steroid dienone is 1. The summed E-state index contributed by atoms with van der Waals surface area (Å²) >= 11 is 0. The lowest BCUT2D eigenvalue weighted by atomic mass is 10.5. The largest absolute Gasteiger partial charge is 0.405 e. The Hall–Kier alpha value is -1.78. The van der Waals surface area contributed by atoms with E-state index in [1.54, 1.807) is 6.08 Å². The van der Waals surface area contributed by atoms with Gasteiger partial charge in [0.25, 0.3) is 5.56 Å². The molecule has 12 heavy (non-hydrogen) atoms. The van der Waals surface area contributed by atoms with Crippen molar-refractivity contribution in [3.63, 3.8) is 0 Å². The molecule has 0 aliphatic rings. The van der Waals surface area contributed by atoms with Gasteiger partial charge in [-0.3, -0.25) is 14.3 Å². The first kappa shape index (κ1) is 8.32. The van der Waals surface area contributed by atoms with Gasteiger partial charge in [-0.1, -0.05) is 0 Å². The number of nitrogens with two attached hydrogens (primary N) is 2. The lowest BCUT2D eigenvalue weighted by molar-refractivity contribution is 0.778. The summed E-state index contributed by atoms with van der Waals surface area (Å²) in [6.45, 7) is 0.379. The Bertz CT molecular complexity index is 342. The summed E-state index contributed by atoms with van der Waals surface area (Å²) in [6.07, 6.45) is 5.64. The fourth-order valence-corrected chi connectivity index (χ4v) is 0.806. The molecule has 0 saturated heterocycles. The summed E-state index contributed by atoms with van der Waals surface area (Å²) in [5.41, 5.74) is 10.4. The normalized spacial score (nSPS) is 10.7. The van der Waals surface area contributed by atoms with Crippen LogP contribution in [0.4, 0.5) is 5.82 Å². The molecule has 0 spiro atoms. The van der Waals surface area contributed by atoms with Crippen LogP contribution in [-0.4, -0.2) is 9.55 Å². The Balaban J connectivity index is 3.04. The van der Waals surface area contributed by atoms with Crippen LogP contribution >= 0.6 is 0 Å². The van der Waals surface area contributed by atoms with Gasteiger partial charge in [0.15, 0.2) is 0 Å². The fraction of sp³-hybridized carbons (Fsp3) is 0.143. The Morgan fingerprint density at radius 3 is 2.92 bits per heavy atom. The van der Waals surface area contributed by atoms with Gasteiger partial charge in [0.2, 0.25) is 0 Å². The standard InChI is InChI=1S/C7H10N4O/c8-2-1-3-11-6(9)4-10-5-7(11)12/h1-2,4-5H,3,8-9H2. The van der Waals surface area contributed by atoms with Crippen molar-refractivity contribution in [3.8, 4) is 0 Å². The Kier molecular flexibility index (Phi) is 2.47. The van der Waals surface area contributed by atoms with E-state index < -0.39 is 0 Å². The maximum atomic E-state index is 11.1. The molecule has 4 N–H and O–H groups in total. The highest BCUT2D eigenvalue weighted by molar-refractivity contribution is 5.24. The number of rotatable bonds is 2. The molecular formula is C7H10N4O. The average molecular weight is 166 g/mol. The number of hydrogen-bond acceptors (Lipinski definition) is 4. The van der Waals surface area contributed by atoms with Gasteiger partial charge in [-0.25, -0.2) is 0 Å². The van der Waals surface area contributed by atoms with Crippen molar-refractivity contribution in [2.45, 2.75) is 6.54 Å². The second-order valence-corrected chi connectivity index (χ2v) is 2.21. The van der Waals surface area contributed by atoms with Crippen LogP contribution in [-0.2, 0) is 6.54 Å². The van der Waals surface area contributed by atoms with E-state index in [1.165, 1.54) is 23.2 Å². The van der Waals surface area contributed by atoms with Gasteiger partial charge in [0.1, 0.15) is 5.82 Å². The molecule has 0 bridgehead atoms. The third kappa shape index (κ3) is 1.63. The molecule has 0 atom stereocenters. The van der Waals surface area contributed by atoms with E-state index >= 15 is 0 Å². The third-order valence-electron chi connectivity index (χ3n) is 1.39. The highest BCUT2D eigenvalue weighted by atomic mass is 16.1. The molecule has 5 heteroatoms. The smallest absolute Gasteiger partial charge is 0.270 e. The lowest BCUT2D eigenvalue weighted by Crippen LogP contribution is -2.22. The predicted molar refractivity (Wildman–Crippen MR) is 46.2 cm³/mol. The van der Waals surface area contributed by atoms with Crippen LogP contribution in [0.5, 0.6) is 0 Å². The molecule has 0 saturated carbocycles. The molecule has 1 heterocycles. The van der Waals surface area contributed by atoms with Crippen molar-refractivity contribution in [2.24, 2.45) is 5.73 Å². The van der Waals surface area contributed by atoms with E-state index in [0.717, 1.165) is 0 Å². The van der Waals surface area contributed by atoms with Crippen molar-refractivity contribution in [1.29, 1.82) is 0 Å². The van der Waals surface area contributed by atoms with Gasteiger partial charge >= 0.3 is 0 Å². The minimum Gasteiger partial charge on any atom is -0.405 e. The summed E-state index contributed by atoms with van der Waals surface area (Å²) < 4.78 is 1.37. The van der Waals surface area contributed by atoms with Gasteiger partial charge in [-0.2, -0.15) is 0 Å². The van der Waals surface area contributed by atoms with Crippen molar-refractivity contribution < 1.29 is 0 Å². The predicted octanol–water partition coefficient (Wildman–Crippen LogP) is -0.702. The Labute approximate surface area is 69.3 Å². The summed E-state index contributed by atoms with van der Waals surface area (Å²) in [4.78, 5) is 14.7. The zero-order valence-electron chi connectivity index (χ0n) is 6.47. The van der Waals surface area contributed by atoms with Crippen LogP contribution in [0, 0.1) is 0 Å². The average Bonchev–Trinajstić information content (AvgIpc) is 2.04. The first-order chi connectivity index (χ1) is 5.75. The van der Waals surface area contributed by atoms with Gasteiger partial charge in [-0.05, 0) is 12.3 Å². The summed E-state index contributed by atoms with van der Waals surface area (Å²) in [6, 6.07) is 0. The summed E-state index contributed by atoms with van der Waals surface area (Å²) in [7, 11) is 0. The first-order valence-corrected chi connectivity index (χ1v) is 3.42. The van der Waals surface area contributed by atoms with E-state index in [4.69, 9.17) is 11.5 Å². The molecule has 64 valence electrons. The van der Waals surface area contributed by atoms with Crippen molar-refractivity contribution in [1.82, 2.24) is 9.55 Å². The summed E-state index contributed by atoms with van der Waals surface area (Å²) in [5.74, 6) is 0.334. The van der Waals surface area contributed by atoms with Crippen LogP contribution in [0.3, 0.4) is 0 Å². The van der Waals surface area contributed by atoms with Gasteiger partial charge in [0.05, 0.1) is 12.4 Å². The number of anilines is 1. The molecule has 1 aromatic rings. The highest BCUT2D eigenvalue weighted by Gasteiger charge is 1.96. The summed E-state index contributed by atoms with van der Waals surface area (Å²) in [5, 5.41) is 0. The molecule has 5 nitrogen and oxygen atoms in total. The Morgan fingerprint density at radius 2 is 2.33 bits per heavy atom. The maximum Gasteiger partial charge on any atom is 0.270 e. The highest BCUT2D eigenvalue weighted by Crippen LogP contribution is 1.93. The van der Waals surface area contributed by atoms with E-state index in [2.05, 4.69) is 4.98 Å². The molecule has 0 aliphatic carbocycles. The zero-order chi connectivity index (χ0) is 8.97. The van der Waals surface area contributed by atoms with E-state index in [1.807, 2.05) is 0 Å².